The van der Waals surface area contributed by atoms with E-state index in [1.807, 2.05) is 19.1 Å². The second-order valence-electron chi connectivity index (χ2n) is 9.11. The quantitative estimate of drug-likeness (QED) is 0.352. The first-order chi connectivity index (χ1) is 17.8. The predicted molar refractivity (Wildman–Crippen MR) is 134 cm³/mol. The highest BCUT2D eigenvalue weighted by atomic mass is 19.1. The molecule has 1 atom stereocenters. The number of nitrogens with one attached hydrogen (secondary N) is 3. The van der Waals surface area contributed by atoms with Crippen molar-refractivity contribution in [3.63, 3.8) is 0 Å². The standard InChI is InChI=1S/C25H25FN10O/c1-15-9-20(31-21-10-16(2)33-34-21)32-23(19(15)11-27)35-13-25(26,14-35)24(37)30-17(3)18-5-6-22(28-12-18)36-8-4-7-29-36/h4-10,12,17H,13-14H2,1-3H3,(H,30,37)(H2,31,32,33,34)/t17-/m0/s1. The smallest absolute Gasteiger partial charge is 0.261 e. The van der Waals surface area contributed by atoms with Gasteiger partial charge in [0, 0.05) is 30.4 Å². The van der Waals surface area contributed by atoms with E-state index >= 15 is 4.39 Å². The van der Waals surface area contributed by atoms with Crippen LogP contribution in [0.1, 0.15) is 35.3 Å². The number of nitriles is 1. The lowest BCUT2D eigenvalue weighted by Gasteiger charge is -2.44. The molecule has 0 aromatic carbocycles. The van der Waals surface area contributed by atoms with Crippen LogP contribution in [0.4, 0.5) is 21.8 Å². The number of halogens is 1. The Kier molecular flexibility index (Phi) is 6.04. The van der Waals surface area contributed by atoms with E-state index in [9.17, 15) is 10.1 Å². The Bertz CT molecular complexity index is 1470. The number of aromatic nitrogens is 6. The lowest BCUT2D eigenvalue weighted by Crippen LogP contribution is -2.66. The van der Waals surface area contributed by atoms with Crippen molar-refractivity contribution in [3.8, 4) is 11.9 Å². The van der Waals surface area contributed by atoms with Gasteiger partial charge in [0.05, 0.1) is 24.7 Å². The van der Waals surface area contributed by atoms with Gasteiger partial charge in [-0.15, -0.1) is 0 Å². The highest BCUT2D eigenvalue weighted by Crippen LogP contribution is 2.35. The third-order valence-electron chi connectivity index (χ3n) is 6.22. The molecule has 4 aromatic heterocycles. The highest BCUT2D eigenvalue weighted by molar-refractivity contribution is 5.89. The topological polar surface area (TPSA) is 140 Å². The van der Waals surface area contributed by atoms with Crippen LogP contribution in [0.5, 0.6) is 0 Å². The van der Waals surface area contributed by atoms with Gasteiger partial charge in [0.1, 0.15) is 17.7 Å². The van der Waals surface area contributed by atoms with Crippen LogP contribution in [0.3, 0.4) is 0 Å². The van der Waals surface area contributed by atoms with Gasteiger partial charge in [-0.05, 0) is 50.1 Å². The molecule has 11 nitrogen and oxygen atoms in total. The number of anilines is 3. The molecule has 12 heteroatoms. The third-order valence-corrected chi connectivity index (χ3v) is 6.22. The molecule has 4 aromatic rings. The van der Waals surface area contributed by atoms with Crippen molar-refractivity contribution in [1.82, 2.24) is 35.3 Å². The van der Waals surface area contributed by atoms with Gasteiger partial charge < -0.3 is 15.5 Å². The number of carbonyl (C=O) groups excluding carboxylic acids is 1. The maximum absolute atomic E-state index is 15.5. The predicted octanol–water partition coefficient (Wildman–Crippen LogP) is 3.02. The summed E-state index contributed by atoms with van der Waals surface area (Å²) in [5, 5.41) is 26.6. The fourth-order valence-corrected chi connectivity index (χ4v) is 4.16. The van der Waals surface area contributed by atoms with Crippen molar-refractivity contribution in [2.45, 2.75) is 32.5 Å². The minimum Gasteiger partial charge on any atom is -0.348 e. The van der Waals surface area contributed by atoms with E-state index in [1.54, 1.807) is 60.2 Å². The first kappa shape index (κ1) is 23.9. The Morgan fingerprint density at radius 2 is 2.08 bits per heavy atom. The number of pyridine rings is 2. The van der Waals surface area contributed by atoms with Crippen molar-refractivity contribution in [1.29, 1.82) is 5.26 Å². The molecule has 5 heterocycles. The summed E-state index contributed by atoms with van der Waals surface area (Å²) >= 11 is 0. The van der Waals surface area contributed by atoms with E-state index < -0.39 is 17.6 Å². The van der Waals surface area contributed by atoms with Gasteiger partial charge in [0.2, 0.25) is 5.67 Å². The number of nitrogens with zero attached hydrogens (tertiary/aromatic N) is 7. The molecule has 0 aliphatic carbocycles. The zero-order chi connectivity index (χ0) is 26.2. The molecule has 0 unspecified atom stereocenters. The van der Waals surface area contributed by atoms with Gasteiger partial charge in [-0.25, -0.2) is 19.0 Å². The van der Waals surface area contributed by atoms with Crippen LogP contribution in [-0.4, -0.2) is 54.6 Å². The van der Waals surface area contributed by atoms with Crippen molar-refractivity contribution in [3.05, 3.63) is 71.3 Å². The summed E-state index contributed by atoms with van der Waals surface area (Å²) in [7, 11) is 0. The summed E-state index contributed by atoms with van der Waals surface area (Å²) < 4.78 is 17.1. The second-order valence-corrected chi connectivity index (χ2v) is 9.11. The SMILES string of the molecule is Cc1cc(Nc2cc(C)c(C#N)c(N3CC(F)(C(=O)N[C@@H](C)c4ccc(-n5cccn5)nc4)C3)n2)n[nH]1. The molecule has 1 aliphatic heterocycles. The number of H-pyrrole nitrogens is 1. The molecule has 0 spiro atoms. The Hall–Kier alpha value is -4.79. The van der Waals surface area contributed by atoms with Crippen molar-refractivity contribution >= 4 is 23.4 Å². The minimum absolute atomic E-state index is 0.214. The molecule has 1 aliphatic rings. The van der Waals surface area contributed by atoms with Crippen LogP contribution >= 0.6 is 0 Å². The molecule has 1 fully saturated rings. The Balaban J connectivity index is 1.26. The fourth-order valence-electron chi connectivity index (χ4n) is 4.16. The molecule has 3 N–H and O–H groups in total. The minimum atomic E-state index is -2.11. The van der Waals surface area contributed by atoms with Gasteiger partial charge in [0.15, 0.2) is 11.6 Å². The molecule has 0 bridgehead atoms. The van der Waals surface area contributed by atoms with E-state index in [1.165, 1.54) is 0 Å². The van der Waals surface area contributed by atoms with Crippen molar-refractivity contribution in [2.75, 3.05) is 23.3 Å². The number of aryl methyl sites for hydroxylation is 2. The summed E-state index contributed by atoms with van der Waals surface area (Å²) in [6.07, 6.45) is 5.07. The molecule has 37 heavy (non-hydrogen) atoms. The van der Waals surface area contributed by atoms with Gasteiger partial charge in [-0.1, -0.05) is 6.07 Å². The van der Waals surface area contributed by atoms with E-state index in [-0.39, 0.29) is 13.1 Å². The average molecular weight is 501 g/mol. The zero-order valence-electron chi connectivity index (χ0n) is 20.5. The average Bonchev–Trinajstić information content (AvgIpc) is 3.54. The van der Waals surface area contributed by atoms with E-state index in [0.29, 0.717) is 34.4 Å². The number of amides is 1. The maximum Gasteiger partial charge on any atom is 0.261 e. The van der Waals surface area contributed by atoms with Gasteiger partial charge in [-0.2, -0.15) is 15.5 Å². The number of carbonyl (C=O) groups is 1. The molecule has 1 saturated heterocycles. The number of rotatable bonds is 7. The Morgan fingerprint density at radius 1 is 1.27 bits per heavy atom. The lowest BCUT2D eigenvalue weighted by atomic mass is 9.93. The van der Waals surface area contributed by atoms with E-state index in [4.69, 9.17) is 0 Å². The Labute approximate surface area is 212 Å². The first-order valence-corrected chi connectivity index (χ1v) is 11.7. The van der Waals surface area contributed by atoms with Crippen LogP contribution in [0.15, 0.2) is 48.9 Å². The van der Waals surface area contributed by atoms with Gasteiger partial charge in [0.25, 0.3) is 5.91 Å². The van der Waals surface area contributed by atoms with E-state index in [2.05, 4.69) is 42.0 Å². The van der Waals surface area contributed by atoms with Crippen molar-refractivity contribution < 1.29 is 9.18 Å². The maximum atomic E-state index is 15.5. The summed E-state index contributed by atoms with van der Waals surface area (Å²) in [4.78, 5) is 23.3. The third kappa shape index (κ3) is 4.71. The summed E-state index contributed by atoms with van der Waals surface area (Å²) in [6, 6.07) is 10.6. The Morgan fingerprint density at radius 3 is 2.70 bits per heavy atom. The summed E-state index contributed by atoms with van der Waals surface area (Å²) in [5.41, 5.74) is 0.524. The number of hydrogen-bond donors (Lipinski definition) is 3. The van der Waals surface area contributed by atoms with Crippen LogP contribution < -0.4 is 15.5 Å². The number of alkyl halides is 1. The van der Waals surface area contributed by atoms with Crippen molar-refractivity contribution in [2.24, 2.45) is 0 Å². The first-order valence-electron chi connectivity index (χ1n) is 11.7. The van der Waals surface area contributed by atoms with Crippen LogP contribution in [-0.2, 0) is 4.79 Å². The molecular weight excluding hydrogens is 475 g/mol. The van der Waals surface area contributed by atoms with Gasteiger partial charge >= 0.3 is 0 Å². The summed E-state index contributed by atoms with van der Waals surface area (Å²) in [5.74, 6) is 1.29. The fraction of sp³-hybridized carbons (Fsp3) is 0.280. The molecule has 0 saturated carbocycles. The van der Waals surface area contributed by atoms with Crippen LogP contribution in [0, 0.1) is 25.2 Å². The highest BCUT2D eigenvalue weighted by Gasteiger charge is 2.51. The monoisotopic (exact) mass is 500 g/mol. The largest absolute Gasteiger partial charge is 0.348 e. The van der Waals surface area contributed by atoms with Gasteiger partial charge in [-0.3, -0.25) is 9.89 Å². The van der Waals surface area contributed by atoms with E-state index in [0.717, 1.165) is 11.3 Å². The lowest BCUT2D eigenvalue weighted by molar-refractivity contribution is -0.135. The van der Waals surface area contributed by atoms with Crippen LogP contribution in [0.25, 0.3) is 5.82 Å². The summed E-state index contributed by atoms with van der Waals surface area (Å²) in [6.45, 7) is 5.00. The zero-order valence-corrected chi connectivity index (χ0v) is 20.5. The molecule has 0 radical (unpaired) electrons. The molecule has 188 valence electrons. The second kappa shape index (κ2) is 9.34. The molecule has 1 amide bonds. The number of aromatic amines is 1. The molecular formula is C25H25FN10O. The number of hydrogen-bond acceptors (Lipinski definition) is 8. The molecule has 5 rings (SSSR count). The normalized spacial score (nSPS) is 14.9. The van der Waals surface area contributed by atoms with Crippen LogP contribution in [0.2, 0.25) is 0 Å².